The first kappa shape index (κ1) is 25.3. The normalized spacial score (nSPS) is 11.3. The van der Waals surface area contributed by atoms with Crippen molar-refractivity contribution < 1.29 is 0 Å². The van der Waals surface area contributed by atoms with Crippen LogP contribution in [0, 0.1) is 0 Å². The van der Waals surface area contributed by atoms with Crippen molar-refractivity contribution in [2.75, 3.05) is 0 Å². The minimum atomic E-state index is 0.722. The number of thiazole rings is 1. The molecule has 202 valence electrons. The van der Waals surface area contributed by atoms with E-state index in [1.165, 1.54) is 26.6 Å². The number of hydrogen-bond donors (Lipinski definition) is 0. The SMILES string of the molecule is c1ccc(-c2cc(-c3ccc4cc(-c5ccc6sc(-c7ccccc7)nc6c5)ccc4c3)nc(-c3ccccc3)n2)cc1. The molecule has 4 heteroatoms. The number of aromatic nitrogens is 3. The highest BCUT2D eigenvalue weighted by Gasteiger charge is 2.12. The first-order valence-electron chi connectivity index (χ1n) is 14.3. The van der Waals surface area contributed by atoms with Gasteiger partial charge in [0.05, 0.1) is 21.6 Å². The summed E-state index contributed by atoms with van der Waals surface area (Å²) in [5.74, 6) is 0.722. The average molecular weight is 568 g/mol. The van der Waals surface area contributed by atoms with Crippen LogP contribution in [0.1, 0.15) is 0 Å². The van der Waals surface area contributed by atoms with E-state index in [0.717, 1.165) is 50.0 Å². The molecule has 0 atom stereocenters. The van der Waals surface area contributed by atoms with Crippen LogP contribution in [0.4, 0.5) is 0 Å². The lowest BCUT2D eigenvalue weighted by Gasteiger charge is -2.10. The van der Waals surface area contributed by atoms with Crippen LogP contribution in [0.15, 0.2) is 152 Å². The van der Waals surface area contributed by atoms with Crippen LogP contribution >= 0.6 is 11.3 Å². The molecule has 0 amide bonds. The summed E-state index contributed by atoms with van der Waals surface area (Å²) in [6, 6.07) is 52.7. The van der Waals surface area contributed by atoms with Crippen molar-refractivity contribution in [1.29, 1.82) is 0 Å². The maximum atomic E-state index is 5.01. The predicted molar refractivity (Wildman–Crippen MR) is 180 cm³/mol. The first-order chi connectivity index (χ1) is 21.3. The number of fused-ring (bicyclic) bond motifs is 2. The predicted octanol–water partition coefficient (Wildman–Crippen LogP) is 10.6. The zero-order valence-corrected chi connectivity index (χ0v) is 24.0. The third-order valence-electron chi connectivity index (χ3n) is 7.71. The first-order valence-corrected chi connectivity index (χ1v) is 15.1. The highest BCUT2D eigenvalue weighted by atomic mass is 32.1. The maximum absolute atomic E-state index is 5.01. The van der Waals surface area contributed by atoms with Gasteiger partial charge in [-0.15, -0.1) is 11.3 Å². The summed E-state index contributed by atoms with van der Waals surface area (Å²) >= 11 is 1.73. The van der Waals surface area contributed by atoms with Crippen LogP contribution in [0.5, 0.6) is 0 Å². The van der Waals surface area contributed by atoms with Gasteiger partial charge in [0.1, 0.15) is 5.01 Å². The zero-order valence-electron chi connectivity index (χ0n) is 23.2. The minimum absolute atomic E-state index is 0.722. The molecule has 0 fully saturated rings. The molecule has 8 rings (SSSR count). The summed E-state index contributed by atoms with van der Waals surface area (Å²) in [5, 5.41) is 3.41. The second-order valence-electron chi connectivity index (χ2n) is 10.5. The van der Waals surface area contributed by atoms with Gasteiger partial charge in [-0.3, -0.25) is 0 Å². The van der Waals surface area contributed by atoms with Crippen molar-refractivity contribution in [2.24, 2.45) is 0 Å². The van der Waals surface area contributed by atoms with Gasteiger partial charge in [0.2, 0.25) is 0 Å². The van der Waals surface area contributed by atoms with Crippen LogP contribution in [-0.4, -0.2) is 15.0 Å². The Labute approximate surface area is 253 Å². The second kappa shape index (κ2) is 10.8. The highest BCUT2D eigenvalue weighted by Crippen LogP contribution is 2.35. The molecule has 0 spiro atoms. The summed E-state index contributed by atoms with van der Waals surface area (Å²) in [5.41, 5.74) is 9.48. The number of rotatable bonds is 5. The summed E-state index contributed by atoms with van der Waals surface area (Å²) in [4.78, 5) is 14.9. The molecular weight excluding hydrogens is 543 g/mol. The Kier molecular flexibility index (Phi) is 6.32. The van der Waals surface area contributed by atoms with Gasteiger partial charge in [-0.05, 0) is 52.2 Å². The topological polar surface area (TPSA) is 38.7 Å². The number of hydrogen-bond acceptors (Lipinski definition) is 4. The van der Waals surface area contributed by atoms with Gasteiger partial charge in [0.25, 0.3) is 0 Å². The quantitative estimate of drug-likeness (QED) is 0.208. The van der Waals surface area contributed by atoms with Gasteiger partial charge in [-0.25, -0.2) is 15.0 Å². The molecule has 0 aliphatic rings. The zero-order chi connectivity index (χ0) is 28.6. The third kappa shape index (κ3) is 4.99. The fourth-order valence-electron chi connectivity index (χ4n) is 5.46. The van der Waals surface area contributed by atoms with Crippen molar-refractivity contribution >= 4 is 32.3 Å². The van der Waals surface area contributed by atoms with Crippen LogP contribution < -0.4 is 0 Å². The van der Waals surface area contributed by atoms with Crippen molar-refractivity contribution in [3.63, 3.8) is 0 Å². The molecule has 43 heavy (non-hydrogen) atoms. The fourth-order valence-corrected chi connectivity index (χ4v) is 6.42. The fraction of sp³-hybridized carbons (Fsp3) is 0. The molecular formula is C39H25N3S. The van der Waals surface area contributed by atoms with Gasteiger partial charge in [0.15, 0.2) is 5.82 Å². The average Bonchev–Trinajstić information content (AvgIpc) is 3.53. The minimum Gasteiger partial charge on any atom is -0.236 e. The van der Waals surface area contributed by atoms with Crippen molar-refractivity contribution in [2.45, 2.75) is 0 Å². The molecule has 6 aromatic carbocycles. The smallest absolute Gasteiger partial charge is 0.160 e. The van der Waals surface area contributed by atoms with E-state index in [1.807, 2.05) is 42.5 Å². The standard InChI is InChI=1S/C39H25N3S/c1-4-10-26(11-5-1)34-25-35(41-38(40-34)27-12-6-2-7-13-27)33-19-18-29-22-30(16-17-31(29)23-33)32-20-21-37-36(24-32)42-39(43-37)28-14-8-3-9-15-28/h1-25H. The maximum Gasteiger partial charge on any atom is 0.160 e. The second-order valence-corrected chi connectivity index (χ2v) is 11.6. The van der Waals surface area contributed by atoms with Gasteiger partial charge < -0.3 is 0 Å². The monoisotopic (exact) mass is 567 g/mol. The summed E-state index contributed by atoms with van der Waals surface area (Å²) in [7, 11) is 0. The molecule has 0 aliphatic carbocycles. The Balaban J connectivity index is 1.16. The molecule has 3 nitrogen and oxygen atoms in total. The van der Waals surface area contributed by atoms with Crippen LogP contribution in [-0.2, 0) is 0 Å². The van der Waals surface area contributed by atoms with Gasteiger partial charge in [-0.1, -0.05) is 121 Å². The molecule has 8 aromatic rings. The van der Waals surface area contributed by atoms with E-state index in [1.54, 1.807) is 11.3 Å². The lowest BCUT2D eigenvalue weighted by molar-refractivity contribution is 1.18. The summed E-state index contributed by atoms with van der Waals surface area (Å²) in [6.45, 7) is 0. The van der Waals surface area contributed by atoms with Crippen LogP contribution in [0.2, 0.25) is 0 Å². The molecule has 0 saturated heterocycles. The van der Waals surface area contributed by atoms with Gasteiger partial charge in [0, 0.05) is 22.3 Å². The Bertz CT molecular complexity index is 2170. The lowest BCUT2D eigenvalue weighted by atomic mass is 9.98. The van der Waals surface area contributed by atoms with E-state index < -0.39 is 0 Å². The Morgan fingerprint density at radius 1 is 0.372 bits per heavy atom. The van der Waals surface area contributed by atoms with Crippen molar-refractivity contribution in [1.82, 2.24) is 15.0 Å². The van der Waals surface area contributed by atoms with Crippen LogP contribution in [0.25, 0.3) is 76.6 Å². The highest BCUT2D eigenvalue weighted by molar-refractivity contribution is 7.21. The van der Waals surface area contributed by atoms with Gasteiger partial charge >= 0.3 is 0 Å². The molecule has 0 unspecified atom stereocenters. The lowest BCUT2D eigenvalue weighted by Crippen LogP contribution is -1.95. The summed E-state index contributed by atoms with van der Waals surface area (Å²) in [6.07, 6.45) is 0. The van der Waals surface area contributed by atoms with E-state index in [2.05, 4.69) is 109 Å². The molecule has 2 heterocycles. The van der Waals surface area contributed by atoms with Gasteiger partial charge in [-0.2, -0.15) is 0 Å². The Morgan fingerprint density at radius 2 is 0.907 bits per heavy atom. The van der Waals surface area contributed by atoms with E-state index in [9.17, 15) is 0 Å². The number of benzene rings is 6. The molecule has 0 radical (unpaired) electrons. The van der Waals surface area contributed by atoms with Crippen LogP contribution in [0.3, 0.4) is 0 Å². The molecule has 0 N–H and O–H groups in total. The third-order valence-corrected chi connectivity index (χ3v) is 8.79. The Morgan fingerprint density at radius 3 is 1.60 bits per heavy atom. The molecule has 0 saturated carbocycles. The van der Waals surface area contributed by atoms with Crippen molar-refractivity contribution in [3.8, 4) is 55.6 Å². The van der Waals surface area contributed by atoms with E-state index >= 15 is 0 Å². The molecule has 0 aliphatic heterocycles. The molecule has 0 bridgehead atoms. The van der Waals surface area contributed by atoms with E-state index in [-0.39, 0.29) is 0 Å². The van der Waals surface area contributed by atoms with Crippen molar-refractivity contribution in [3.05, 3.63) is 152 Å². The largest absolute Gasteiger partial charge is 0.236 e. The van der Waals surface area contributed by atoms with E-state index in [0.29, 0.717) is 0 Å². The van der Waals surface area contributed by atoms with E-state index in [4.69, 9.17) is 15.0 Å². The Hall–Kier alpha value is -5.45. The summed E-state index contributed by atoms with van der Waals surface area (Å²) < 4.78 is 1.20. The number of nitrogens with zero attached hydrogens (tertiary/aromatic N) is 3. The molecule has 2 aromatic heterocycles.